The molecule has 4 aromatic carbocycles. The van der Waals surface area contributed by atoms with E-state index < -0.39 is 0 Å². The maximum absolute atomic E-state index is 12.6. The third-order valence-corrected chi connectivity index (χ3v) is 7.11. The first kappa shape index (κ1) is 24.8. The second-order valence-electron chi connectivity index (χ2n) is 8.70. The summed E-state index contributed by atoms with van der Waals surface area (Å²) in [4.78, 5) is 12.6. The van der Waals surface area contributed by atoms with E-state index in [4.69, 9.17) is 11.6 Å². The highest BCUT2D eigenvalue weighted by Crippen LogP contribution is 2.29. The second-order valence-corrected chi connectivity index (χ2v) is 10.1. The van der Waals surface area contributed by atoms with Gasteiger partial charge in [0.25, 0.3) is 5.91 Å². The average molecular weight is 525 g/mol. The molecule has 0 spiro atoms. The van der Waals surface area contributed by atoms with Crippen molar-refractivity contribution in [2.75, 3.05) is 5.32 Å². The highest BCUT2D eigenvalue weighted by atomic mass is 35.5. The number of hydrogen-bond donors (Lipinski definition) is 1. The summed E-state index contributed by atoms with van der Waals surface area (Å²) in [5, 5.41) is 13.6. The quantitative estimate of drug-likeness (QED) is 0.213. The molecule has 37 heavy (non-hydrogen) atoms. The molecule has 5 rings (SSSR count). The summed E-state index contributed by atoms with van der Waals surface area (Å²) >= 11 is 7.79. The number of halogens is 1. The molecule has 1 amide bonds. The highest BCUT2D eigenvalue weighted by Gasteiger charge is 2.16. The molecule has 0 radical (unpaired) electrons. The standard InChI is InChI=1S/C30H25ClN4OS/c1-21-7-5-11-25(17-21)29(36)32-27-15-13-24(14-16-27)28-33-34-30(35(28)19-22-8-3-2-4-9-22)37-20-23-10-6-12-26(31)18-23/h2-18H,19-20H2,1H3,(H,32,36). The number of carbonyl (C=O) groups excluding carboxylic acids is 1. The lowest BCUT2D eigenvalue weighted by molar-refractivity contribution is 0.102. The van der Waals surface area contributed by atoms with Gasteiger partial charge in [0.15, 0.2) is 11.0 Å². The van der Waals surface area contributed by atoms with Gasteiger partial charge in [-0.3, -0.25) is 9.36 Å². The fraction of sp³-hybridized carbons (Fsp3) is 0.100. The maximum atomic E-state index is 12.6. The minimum absolute atomic E-state index is 0.136. The lowest BCUT2D eigenvalue weighted by Gasteiger charge is -2.11. The summed E-state index contributed by atoms with van der Waals surface area (Å²) in [5.41, 5.74) is 5.61. The maximum Gasteiger partial charge on any atom is 0.255 e. The first-order valence-electron chi connectivity index (χ1n) is 11.9. The van der Waals surface area contributed by atoms with Crippen molar-refractivity contribution in [3.63, 3.8) is 0 Å². The Hall–Kier alpha value is -3.87. The van der Waals surface area contributed by atoms with Crippen LogP contribution in [0.3, 0.4) is 0 Å². The molecule has 0 aliphatic rings. The van der Waals surface area contributed by atoms with Gasteiger partial charge in [0.2, 0.25) is 0 Å². The van der Waals surface area contributed by atoms with Crippen molar-refractivity contribution >= 4 is 35.0 Å². The van der Waals surface area contributed by atoms with E-state index in [1.54, 1.807) is 11.8 Å². The topological polar surface area (TPSA) is 59.8 Å². The van der Waals surface area contributed by atoms with E-state index in [-0.39, 0.29) is 5.91 Å². The third-order valence-electron chi connectivity index (χ3n) is 5.84. The number of anilines is 1. The van der Waals surface area contributed by atoms with E-state index in [1.807, 2.05) is 91.9 Å². The minimum Gasteiger partial charge on any atom is -0.322 e. The van der Waals surface area contributed by atoms with Crippen molar-refractivity contribution in [1.82, 2.24) is 14.8 Å². The van der Waals surface area contributed by atoms with Gasteiger partial charge in [0.1, 0.15) is 0 Å². The zero-order valence-corrected chi connectivity index (χ0v) is 21.8. The normalized spacial score (nSPS) is 10.9. The Kier molecular flexibility index (Phi) is 7.68. The number of aryl methyl sites for hydroxylation is 1. The van der Waals surface area contributed by atoms with Crippen LogP contribution < -0.4 is 5.32 Å². The molecule has 5 nitrogen and oxygen atoms in total. The van der Waals surface area contributed by atoms with Gasteiger partial charge in [-0.2, -0.15) is 0 Å². The number of carbonyl (C=O) groups is 1. The number of nitrogens with zero attached hydrogens (tertiary/aromatic N) is 3. The Bertz CT molecular complexity index is 1520. The number of thioether (sulfide) groups is 1. The predicted octanol–water partition coefficient (Wildman–Crippen LogP) is 7.50. The average Bonchev–Trinajstić information content (AvgIpc) is 3.30. The summed E-state index contributed by atoms with van der Waals surface area (Å²) in [6.07, 6.45) is 0. The molecule has 1 heterocycles. The Morgan fingerprint density at radius 2 is 1.62 bits per heavy atom. The van der Waals surface area contributed by atoms with Crippen LogP contribution >= 0.6 is 23.4 Å². The molecule has 0 aliphatic heterocycles. The van der Waals surface area contributed by atoms with Gasteiger partial charge in [0.05, 0.1) is 6.54 Å². The fourth-order valence-corrected chi connectivity index (χ4v) is 5.08. The van der Waals surface area contributed by atoms with Gasteiger partial charge in [-0.25, -0.2) is 0 Å². The molecule has 7 heteroatoms. The smallest absolute Gasteiger partial charge is 0.255 e. The lowest BCUT2D eigenvalue weighted by Crippen LogP contribution is -2.11. The molecule has 0 fully saturated rings. The molecule has 5 aromatic rings. The molecule has 0 unspecified atom stereocenters. The zero-order valence-electron chi connectivity index (χ0n) is 20.3. The summed E-state index contributed by atoms with van der Waals surface area (Å²) in [6, 6.07) is 33.4. The van der Waals surface area contributed by atoms with Crippen LogP contribution in [-0.2, 0) is 12.3 Å². The SMILES string of the molecule is Cc1cccc(C(=O)Nc2ccc(-c3nnc(SCc4cccc(Cl)c4)n3Cc3ccccc3)cc2)c1. The summed E-state index contributed by atoms with van der Waals surface area (Å²) in [6.45, 7) is 2.62. The molecule has 1 aromatic heterocycles. The van der Waals surface area contributed by atoms with Crippen LogP contribution in [0.4, 0.5) is 5.69 Å². The van der Waals surface area contributed by atoms with Gasteiger partial charge >= 0.3 is 0 Å². The van der Waals surface area contributed by atoms with Crippen LogP contribution in [0.5, 0.6) is 0 Å². The van der Waals surface area contributed by atoms with Crippen LogP contribution in [0.1, 0.15) is 27.0 Å². The van der Waals surface area contributed by atoms with Crippen LogP contribution in [0, 0.1) is 6.92 Å². The minimum atomic E-state index is -0.136. The Morgan fingerprint density at radius 3 is 2.38 bits per heavy atom. The van der Waals surface area contributed by atoms with Crippen molar-refractivity contribution < 1.29 is 4.79 Å². The van der Waals surface area contributed by atoms with Gasteiger partial charge < -0.3 is 5.32 Å². The van der Waals surface area contributed by atoms with Crippen LogP contribution in [-0.4, -0.2) is 20.7 Å². The molecule has 0 atom stereocenters. The van der Waals surface area contributed by atoms with Crippen molar-refractivity contribution in [2.45, 2.75) is 24.4 Å². The monoisotopic (exact) mass is 524 g/mol. The number of amides is 1. The van der Waals surface area contributed by atoms with E-state index in [0.717, 1.165) is 49.7 Å². The number of hydrogen-bond acceptors (Lipinski definition) is 4. The Morgan fingerprint density at radius 1 is 0.865 bits per heavy atom. The number of aromatic nitrogens is 3. The van der Waals surface area contributed by atoms with E-state index in [9.17, 15) is 4.79 Å². The summed E-state index contributed by atoms with van der Waals surface area (Å²) < 4.78 is 2.13. The van der Waals surface area contributed by atoms with Crippen LogP contribution in [0.25, 0.3) is 11.4 Å². The Labute approximate surface area is 225 Å². The van der Waals surface area contributed by atoms with Crippen molar-refractivity contribution in [1.29, 1.82) is 0 Å². The second kappa shape index (κ2) is 11.5. The largest absolute Gasteiger partial charge is 0.322 e. The first-order valence-corrected chi connectivity index (χ1v) is 13.2. The number of rotatable bonds is 8. The molecule has 0 saturated carbocycles. The zero-order chi connectivity index (χ0) is 25.6. The molecule has 0 bridgehead atoms. The van der Waals surface area contributed by atoms with Crippen molar-refractivity contribution in [3.05, 3.63) is 130 Å². The van der Waals surface area contributed by atoms with E-state index in [0.29, 0.717) is 12.1 Å². The third kappa shape index (κ3) is 6.28. The number of benzene rings is 4. The highest BCUT2D eigenvalue weighted by molar-refractivity contribution is 7.98. The molecular formula is C30H25ClN4OS. The van der Waals surface area contributed by atoms with E-state index in [2.05, 4.69) is 38.3 Å². The fourth-order valence-electron chi connectivity index (χ4n) is 3.98. The summed E-state index contributed by atoms with van der Waals surface area (Å²) in [7, 11) is 0. The Balaban J connectivity index is 1.38. The van der Waals surface area contributed by atoms with Crippen LogP contribution in [0.2, 0.25) is 5.02 Å². The van der Waals surface area contributed by atoms with Crippen molar-refractivity contribution in [3.8, 4) is 11.4 Å². The van der Waals surface area contributed by atoms with Crippen LogP contribution in [0.15, 0.2) is 108 Å². The molecule has 184 valence electrons. The van der Waals surface area contributed by atoms with Gasteiger partial charge in [0, 0.05) is 27.6 Å². The van der Waals surface area contributed by atoms with Crippen molar-refractivity contribution in [2.24, 2.45) is 0 Å². The van der Waals surface area contributed by atoms with Gasteiger partial charge in [-0.1, -0.05) is 83.5 Å². The molecule has 0 aliphatic carbocycles. The molecular weight excluding hydrogens is 500 g/mol. The summed E-state index contributed by atoms with van der Waals surface area (Å²) in [5.74, 6) is 1.37. The first-order chi connectivity index (χ1) is 18.0. The van der Waals surface area contributed by atoms with Gasteiger partial charge in [-0.05, 0) is 66.6 Å². The predicted molar refractivity (Wildman–Crippen MR) is 151 cm³/mol. The van der Waals surface area contributed by atoms with E-state index >= 15 is 0 Å². The number of nitrogens with one attached hydrogen (secondary N) is 1. The van der Waals surface area contributed by atoms with Gasteiger partial charge in [-0.15, -0.1) is 10.2 Å². The molecule has 1 N–H and O–H groups in total. The lowest BCUT2D eigenvalue weighted by atomic mass is 10.1. The molecule has 0 saturated heterocycles. The van der Waals surface area contributed by atoms with E-state index in [1.165, 1.54) is 0 Å².